The van der Waals surface area contributed by atoms with Gasteiger partial charge in [0.15, 0.2) is 0 Å². The van der Waals surface area contributed by atoms with Gasteiger partial charge in [-0.3, -0.25) is 0 Å². The molecule has 2 aromatic heterocycles. The zero-order chi connectivity index (χ0) is 27.3. The van der Waals surface area contributed by atoms with Crippen molar-refractivity contribution in [2.75, 3.05) is 0 Å². The van der Waals surface area contributed by atoms with Gasteiger partial charge in [-0.05, 0) is 0 Å². The Kier molecular flexibility index (Phi) is 7.85. The summed E-state index contributed by atoms with van der Waals surface area (Å²) in [6.45, 7) is 4.15. The fourth-order valence-corrected chi connectivity index (χ4v) is 8.56. The molecule has 0 amide bonds. The monoisotopic (exact) mass is 652 g/mol. The molecule has 6 nitrogen and oxygen atoms in total. The molecule has 0 aliphatic carbocycles. The van der Waals surface area contributed by atoms with Crippen LogP contribution < -0.4 is 9.45 Å². The molecule has 0 N–H and O–H groups in total. The van der Waals surface area contributed by atoms with Crippen molar-refractivity contribution in [1.82, 2.24) is 29.9 Å². The molecule has 0 spiro atoms. The number of benzene rings is 4. The minimum absolute atomic E-state index is 0.0707. The van der Waals surface area contributed by atoms with Gasteiger partial charge in [0.05, 0.1) is 0 Å². The van der Waals surface area contributed by atoms with Gasteiger partial charge >= 0.3 is 245 Å². The maximum atomic E-state index is 4.89. The molecule has 6 rings (SSSR count). The van der Waals surface area contributed by atoms with Crippen molar-refractivity contribution in [2.45, 2.75) is 13.8 Å². The van der Waals surface area contributed by atoms with E-state index >= 15 is 0 Å². The second-order valence-corrected chi connectivity index (χ2v) is 15.0. The van der Waals surface area contributed by atoms with Crippen LogP contribution in [0.1, 0.15) is 11.1 Å². The Bertz CT molecular complexity index is 1610. The zero-order valence-electron chi connectivity index (χ0n) is 21.9. The summed E-state index contributed by atoms with van der Waals surface area (Å²) in [7, 11) is 0. The van der Waals surface area contributed by atoms with Gasteiger partial charge in [0, 0.05) is 0 Å². The van der Waals surface area contributed by atoms with Crippen molar-refractivity contribution in [1.29, 1.82) is 0 Å². The third kappa shape index (κ3) is 6.22. The number of aryl methyl sites for hydroxylation is 2. The summed E-state index contributed by atoms with van der Waals surface area (Å²) in [6.07, 6.45) is 0. The predicted molar refractivity (Wildman–Crippen MR) is 162 cm³/mol. The van der Waals surface area contributed by atoms with Crippen molar-refractivity contribution < 1.29 is 0 Å². The number of hydrogen-bond acceptors (Lipinski definition) is 6. The quantitative estimate of drug-likeness (QED) is 0.235. The Labute approximate surface area is 244 Å². The molecule has 6 aromatic rings. The van der Waals surface area contributed by atoms with E-state index in [1.165, 1.54) is 11.1 Å². The molecule has 0 radical (unpaired) electrons. The summed E-state index contributed by atoms with van der Waals surface area (Å²) in [5.41, 5.74) is 6.28. The third-order valence-corrected chi connectivity index (χ3v) is 11.8. The van der Waals surface area contributed by atoms with Crippen LogP contribution in [0.3, 0.4) is 0 Å². The van der Waals surface area contributed by atoms with Crippen molar-refractivity contribution in [3.05, 3.63) is 120 Å². The van der Waals surface area contributed by atoms with E-state index in [9.17, 15) is 0 Å². The molecule has 0 atom stereocenters. The van der Waals surface area contributed by atoms with Crippen LogP contribution in [0.15, 0.2) is 109 Å². The fourth-order valence-electron chi connectivity index (χ4n) is 3.96. The van der Waals surface area contributed by atoms with Gasteiger partial charge in [-0.1, -0.05) is 0 Å². The van der Waals surface area contributed by atoms with E-state index in [0.29, 0.717) is 23.3 Å². The topological polar surface area (TPSA) is 77.3 Å². The van der Waals surface area contributed by atoms with Gasteiger partial charge in [0.1, 0.15) is 0 Å². The van der Waals surface area contributed by atoms with Crippen LogP contribution in [0.5, 0.6) is 0 Å². The molecular weight excluding hydrogens is 626 g/mol. The predicted octanol–water partition coefficient (Wildman–Crippen LogP) is 4.62. The first-order valence-electron chi connectivity index (χ1n) is 12.7. The molecule has 194 valence electrons. The van der Waals surface area contributed by atoms with Crippen LogP contribution in [0.25, 0.3) is 45.6 Å². The van der Waals surface area contributed by atoms with E-state index in [1.807, 2.05) is 60.7 Å². The fraction of sp³-hybridized carbons (Fsp3) is 0.0625. The van der Waals surface area contributed by atoms with E-state index < -0.39 is 0 Å². The zero-order valence-corrected chi connectivity index (χ0v) is 25.3. The maximum absolute atomic E-state index is 4.89. The van der Waals surface area contributed by atoms with Crippen LogP contribution in [-0.4, -0.2) is 56.2 Å². The summed E-state index contributed by atoms with van der Waals surface area (Å²) in [5, 5.41) is 0. The molecular formula is C32H24N6Se2. The second-order valence-electron chi connectivity index (χ2n) is 9.16. The first-order valence-corrected chi connectivity index (χ1v) is 18.8. The minimum atomic E-state index is -0.0707. The number of aromatic nitrogens is 6. The second kappa shape index (κ2) is 12.0. The first kappa shape index (κ1) is 26.2. The molecule has 0 bridgehead atoms. The average Bonchev–Trinajstić information content (AvgIpc) is 3.01. The Morgan fingerprint density at radius 2 is 0.650 bits per heavy atom. The third-order valence-electron chi connectivity index (χ3n) is 6.10. The molecule has 0 unspecified atom stereocenters. The molecule has 4 aromatic carbocycles. The van der Waals surface area contributed by atoms with E-state index in [2.05, 4.69) is 62.4 Å². The van der Waals surface area contributed by atoms with Gasteiger partial charge < -0.3 is 0 Å². The number of hydrogen-bond donors (Lipinski definition) is 0. The molecule has 0 aliphatic heterocycles. The summed E-state index contributed by atoms with van der Waals surface area (Å²) < 4.78 is 1.57. The van der Waals surface area contributed by atoms with Gasteiger partial charge in [-0.25, -0.2) is 0 Å². The van der Waals surface area contributed by atoms with E-state index in [4.69, 9.17) is 29.9 Å². The van der Waals surface area contributed by atoms with Crippen molar-refractivity contribution in [2.24, 2.45) is 0 Å². The molecule has 0 saturated heterocycles. The van der Waals surface area contributed by atoms with Crippen LogP contribution in [0.2, 0.25) is 0 Å². The van der Waals surface area contributed by atoms with Crippen molar-refractivity contribution >= 4 is 35.7 Å². The Morgan fingerprint density at radius 1 is 0.350 bits per heavy atom. The molecule has 0 aliphatic rings. The molecule has 8 heteroatoms. The van der Waals surface area contributed by atoms with Crippen LogP contribution >= 0.6 is 0 Å². The van der Waals surface area contributed by atoms with Gasteiger partial charge in [-0.2, -0.15) is 0 Å². The van der Waals surface area contributed by atoms with Gasteiger partial charge in [0.25, 0.3) is 0 Å². The molecule has 2 heterocycles. The standard InChI is InChI=1S/C32H24N6Se2/c1-21-13-17-25(18-14-21)29-33-27(23-9-5-3-6-10-23)35-31(37-29)39-40-32-36-28(24-11-7-4-8-12-24)34-30(38-32)26-19-15-22(2)16-20-26/h3-20H,1-2H3. The van der Waals surface area contributed by atoms with Crippen molar-refractivity contribution in [3.63, 3.8) is 0 Å². The van der Waals surface area contributed by atoms with Gasteiger partial charge in [0.2, 0.25) is 0 Å². The van der Waals surface area contributed by atoms with Gasteiger partial charge in [-0.15, -0.1) is 0 Å². The molecule has 0 fully saturated rings. The van der Waals surface area contributed by atoms with Crippen LogP contribution in [0.4, 0.5) is 0 Å². The van der Waals surface area contributed by atoms with Crippen LogP contribution in [0, 0.1) is 13.8 Å². The molecule has 0 saturated carbocycles. The summed E-state index contributed by atoms with van der Waals surface area (Å²) in [5.74, 6) is 2.73. The number of nitrogens with zero attached hydrogens (tertiary/aromatic N) is 6. The Morgan fingerprint density at radius 3 is 0.975 bits per heavy atom. The van der Waals surface area contributed by atoms with Crippen LogP contribution in [-0.2, 0) is 0 Å². The summed E-state index contributed by atoms with van der Waals surface area (Å²) in [4.78, 5) is 29.2. The SMILES string of the molecule is Cc1ccc(-c2nc([Se][Se]c3nc(-c4ccccc4)nc(-c4ccc(C)cc4)n3)nc(-c3ccccc3)n2)cc1. The first-order chi connectivity index (χ1) is 19.6. The number of rotatable bonds is 7. The Balaban J connectivity index is 1.37. The van der Waals surface area contributed by atoms with E-state index in [0.717, 1.165) is 31.7 Å². The average molecular weight is 651 g/mol. The summed E-state index contributed by atoms with van der Waals surface area (Å²) >= 11 is -0.141. The Hall–Kier alpha value is -4.06. The molecule has 40 heavy (non-hydrogen) atoms. The van der Waals surface area contributed by atoms with Crippen molar-refractivity contribution in [3.8, 4) is 45.6 Å². The summed E-state index contributed by atoms with van der Waals surface area (Å²) in [6, 6.07) is 36.7. The normalized spacial score (nSPS) is 10.9. The van der Waals surface area contributed by atoms with E-state index in [-0.39, 0.29) is 26.3 Å². The van der Waals surface area contributed by atoms with E-state index in [1.54, 1.807) is 0 Å².